The van der Waals surface area contributed by atoms with E-state index in [-0.39, 0.29) is 0 Å². The van der Waals surface area contributed by atoms with Gasteiger partial charge in [0, 0.05) is 5.75 Å². The molecule has 10 heavy (non-hydrogen) atoms. The van der Waals surface area contributed by atoms with Gasteiger partial charge in [0.2, 0.25) is 0 Å². The molecule has 0 aromatic carbocycles. The van der Waals surface area contributed by atoms with Crippen LogP contribution in [0.4, 0.5) is 0 Å². The molecule has 0 unspecified atom stereocenters. The highest BCUT2D eigenvalue weighted by atomic mass is 32.2. The highest BCUT2D eigenvalue weighted by molar-refractivity contribution is 7.99. The Bertz CT molecular complexity index is 78.2. The molecule has 0 rings (SSSR count). The number of nitrogens with zero attached hydrogens (tertiary/aromatic N) is 1. The van der Waals surface area contributed by atoms with Crippen LogP contribution in [-0.4, -0.2) is 49.4 Å². The lowest BCUT2D eigenvalue weighted by molar-refractivity contribution is -0.867. The predicted molar refractivity (Wildman–Crippen MR) is 52.5 cm³/mol. The highest BCUT2D eigenvalue weighted by Crippen LogP contribution is 2.01. The van der Waals surface area contributed by atoms with Crippen molar-refractivity contribution in [2.75, 3.05) is 44.9 Å². The fraction of sp³-hybridized carbons (Fsp3) is 1.00. The number of hydrogen-bond acceptors (Lipinski definition) is 2. The molecular formula is C7H17NS2. The van der Waals surface area contributed by atoms with Gasteiger partial charge in [0.1, 0.15) is 0 Å². The second kappa shape index (κ2) is 5.33. The van der Waals surface area contributed by atoms with Crippen molar-refractivity contribution in [2.24, 2.45) is 0 Å². The molecule has 62 valence electrons. The van der Waals surface area contributed by atoms with Crippen molar-refractivity contribution in [3.63, 3.8) is 0 Å². The minimum absolute atomic E-state index is 0.891. The Labute approximate surface area is 74.2 Å². The maximum Gasteiger partial charge on any atom is 0.0872 e. The van der Waals surface area contributed by atoms with E-state index in [0.717, 1.165) is 16.0 Å². The lowest BCUT2D eigenvalue weighted by Crippen LogP contribution is -2.36. The summed E-state index contributed by atoms with van der Waals surface area (Å²) in [7, 11) is 6.65. The van der Waals surface area contributed by atoms with Gasteiger partial charge in [-0.15, -0.1) is 0 Å². The third-order valence-corrected chi connectivity index (χ3v) is 2.56. The van der Waals surface area contributed by atoms with Gasteiger partial charge in [0.15, 0.2) is 0 Å². The summed E-state index contributed by atoms with van der Waals surface area (Å²) < 4.78 is 1.06. The largest absolute Gasteiger partial charge is 0.792 e. The Hall–Kier alpha value is 0.660. The van der Waals surface area contributed by atoms with Gasteiger partial charge in [-0.2, -0.15) is 17.5 Å². The van der Waals surface area contributed by atoms with Crippen molar-refractivity contribution in [1.29, 1.82) is 0 Å². The van der Waals surface area contributed by atoms with Crippen molar-refractivity contribution in [3.05, 3.63) is 0 Å². The SMILES string of the molecule is C[N+](C)(C)CCSCC[S-]. The standard InChI is InChI=1S/C7H17NS2/c1-8(2,3)4-6-10-7-5-9/h4-7H2,1-3H3. The number of quaternary nitrogens is 1. The smallest absolute Gasteiger partial charge is 0.0872 e. The molecule has 0 spiro atoms. The van der Waals surface area contributed by atoms with Crippen LogP contribution in [0.1, 0.15) is 0 Å². The molecular weight excluding hydrogens is 162 g/mol. The van der Waals surface area contributed by atoms with Crippen LogP contribution in [0.5, 0.6) is 0 Å². The summed E-state index contributed by atoms with van der Waals surface area (Å²) in [4.78, 5) is 0. The first-order valence-electron chi connectivity index (χ1n) is 3.52. The zero-order valence-corrected chi connectivity index (χ0v) is 8.73. The van der Waals surface area contributed by atoms with Crippen molar-refractivity contribution in [1.82, 2.24) is 0 Å². The van der Waals surface area contributed by atoms with Crippen LogP contribution >= 0.6 is 11.8 Å². The zero-order chi connectivity index (χ0) is 8.04. The Morgan fingerprint density at radius 3 is 2.20 bits per heavy atom. The molecule has 0 N–H and O–H groups in total. The monoisotopic (exact) mass is 179 g/mol. The Morgan fingerprint density at radius 2 is 1.80 bits per heavy atom. The summed E-state index contributed by atoms with van der Waals surface area (Å²) in [5.74, 6) is 3.26. The van der Waals surface area contributed by atoms with E-state index in [2.05, 4.69) is 21.1 Å². The van der Waals surface area contributed by atoms with Crippen LogP contribution in [0.2, 0.25) is 0 Å². The van der Waals surface area contributed by atoms with Gasteiger partial charge < -0.3 is 17.1 Å². The third-order valence-electron chi connectivity index (χ3n) is 1.13. The number of rotatable bonds is 5. The van der Waals surface area contributed by atoms with Crippen LogP contribution in [0.3, 0.4) is 0 Å². The summed E-state index contributed by atoms with van der Waals surface area (Å²) >= 11 is 6.79. The second-order valence-electron chi connectivity index (χ2n) is 3.33. The molecule has 0 saturated heterocycles. The van der Waals surface area contributed by atoms with Gasteiger partial charge in [-0.3, -0.25) is 0 Å². The van der Waals surface area contributed by atoms with Crippen molar-refractivity contribution < 1.29 is 4.48 Å². The van der Waals surface area contributed by atoms with Crippen molar-refractivity contribution in [3.8, 4) is 0 Å². The van der Waals surface area contributed by atoms with Crippen LogP contribution < -0.4 is 0 Å². The van der Waals surface area contributed by atoms with Gasteiger partial charge in [-0.1, -0.05) is 0 Å². The van der Waals surface area contributed by atoms with Crippen LogP contribution in [-0.2, 0) is 12.6 Å². The van der Waals surface area contributed by atoms with Gasteiger partial charge >= 0.3 is 0 Å². The molecule has 0 aliphatic carbocycles. The van der Waals surface area contributed by atoms with Gasteiger partial charge in [0.25, 0.3) is 0 Å². The summed E-state index contributed by atoms with van der Waals surface area (Å²) in [6.45, 7) is 1.24. The molecule has 3 heteroatoms. The second-order valence-corrected chi connectivity index (χ2v) is 4.96. The Kier molecular flexibility index (Phi) is 5.68. The first-order chi connectivity index (χ1) is 4.56. The lowest BCUT2D eigenvalue weighted by atomic mass is 10.6. The average Bonchev–Trinajstić information content (AvgIpc) is 1.78. The fourth-order valence-electron chi connectivity index (χ4n) is 0.499. The summed E-state index contributed by atoms with van der Waals surface area (Å²) in [5, 5.41) is 0. The normalized spacial score (nSPS) is 12.0. The van der Waals surface area contributed by atoms with E-state index < -0.39 is 0 Å². The molecule has 0 amide bonds. The van der Waals surface area contributed by atoms with E-state index in [1.165, 1.54) is 12.3 Å². The van der Waals surface area contributed by atoms with E-state index >= 15 is 0 Å². The summed E-state index contributed by atoms with van der Waals surface area (Å²) in [5.41, 5.74) is 0. The molecule has 0 fully saturated rings. The van der Waals surface area contributed by atoms with Crippen molar-refractivity contribution >= 4 is 24.4 Å². The van der Waals surface area contributed by atoms with E-state index in [0.29, 0.717) is 0 Å². The fourth-order valence-corrected chi connectivity index (χ4v) is 1.85. The highest BCUT2D eigenvalue weighted by Gasteiger charge is 2.04. The first kappa shape index (κ1) is 10.7. The lowest BCUT2D eigenvalue weighted by Gasteiger charge is -2.23. The van der Waals surface area contributed by atoms with E-state index in [9.17, 15) is 0 Å². The number of thioether (sulfide) groups is 1. The van der Waals surface area contributed by atoms with Gasteiger partial charge in [-0.05, 0) is 5.75 Å². The Morgan fingerprint density at radius 1 is 1.20 bits per heavy atom. The van der Waals surface area contributed by atoms with E-state index in [4.69, 9.17) is 12.6 Å². The molecule has 0 saturated carbocycles. The molecule has 0 radical (unpaired) electrons. The van der Waals surface area contributed by atoms with Crippen LogP contribution in [0, 0.1) is 0 Å². The maximum atomic E-state index is 4.83. The summed E-state index contributed by atoms with van der Waals surface area (Å²) in [6, 6.07) is 0. The molecule has 0 aromatic heterocycles. The molecule has 0 aliphatic rings. The third kappa shape index (κ3) is 8.66. The topological polar surface area (TPSA) is 0 Å². The molecule has 0 bridgehead atoms. The van der Waals surface area contributed by atoms with Crippen LogP contribution in [0.25, 0.3) is 0 Å². The molecule has 0 atom stereocenters. The quantitative estimate of drug-likeness (QED) is 0.350. The van der Waals surface area contributed by atoms with Gasteiger partial charge in [-0.25, -0.2) is 0 Å². The molecule has 0 aliphatic heterocycles. The predicted octanol–water partition coefficient (Wildman–Crippen LogP) is 0.973. The molecule has 0 aromatic rings. The Balaban J connectivity index is 3.04. The van der Waals surface area contributed by atoms with Crippen LogP contribution in [0.15, 0.2) is 0 Å². The molecule has 1 nitrogen and oxygen atoms in total. The maximum absolute atomic E-state index is 4.83. The van der Waals surface area contributed by atoms with E-state index in [1.54, 1.807) is 0 Å². The molecule has 0 heterocycles. The van der Waals surface area contributed by atoms with Crippen molar-refractivity contribution in [2.45, 2.75) is 0 Å². The average molecular weight is 179 g/mol. The minimum atomic E-state index is 0.891. The first-order valence-corrected chi connectivity index (χ1v) is 5.26. The van der Waals surface area contributed by atoms with Gasteiger partial charge in [0.05, 0.1) is 27.7 Å². The minimum Gasteiger partial charge on any atom is -0.792 e. The number of hydrogen-bond donors (Lipinski definition) is 0. The van der Waals surface area contributed by atoms with E-state index in [1.807, 2.05) is 11.8 Å². The zero-order valence-electron chi connectivity index (χ0n) is 7.09. The summed E-state index contributed by atoms with van der Waals surface area (Å²) in [6.07, 6.45) is 0.